The fraction of sp³-hybridized carbons (Fsp3) is 0.500. The second kappa shape index (κ2) is 8.79. The molecule has 0 bridgehead atoms. The van der Waals surface area contributed by atoms with E-state index >= 15 is 0 Å². The zero-order valence-electron chi connectivity index (χ0n) is 16.2. The molecule has 0 aromatic heterocycles. The Bertz CT molecular complexity index is 734. The molecule has 1 aromatic carbocycles. The molecule has 0 spiro atoms. The lowest BCUT2D eigenvalue weighted by Gasteiger charge is -2.30. The third-order valence-corrected chi connectivity index (χ3v) is 4.43. The molecule has 1 aromatic rings. The summed E-state index contributed by atoms with van der Waals surface area (Å²) in [4.78, 5) is 51.5. The van der Waals surface area contributed by atoms with Gasteiger partial charge in [-0.15, -0.1) is 0 Å². The Balaban J connectivity index is 1.88. The lowest BCUT2D eigenvalue weighted by molar-refractivity contribution is -0.154. The minimum absolute atomic E-state index is 0.000127. The molecule has 27 heavy (non-hydrogen) atoms. The number of benzene rings is 1. The highest BCUT2D eigenvalue weighted by Gasteiger charge is 2.31. The summed E-state index contributed by atoms with van der Waals surface area (Å²) in [7, 11) is 0. The Kier molecular flexibility index (Phi) is 6.71. The molecule has 0 saturated heterocycles. The summed E-state index contributed by atoms with van der Waals surface area (Å²) in [6.07, 6.45) is -0.0104. The number of carbonyl (C=O) groups is 4. The Hall–Kier alpha value is -2.70. The molecule has 0 aliphatic carbocycles. The molecule has 0 radical (unpaired) electrons. The fourth-order valence-electron chi connectivity index (χ4n) is 3.29. The second-order valence-electron chi connectivity index (χ2n) is 7.08. The van der Waals surface area contributed by atoms with Crippen molar-refractivity contribution in [3.8, 4) is 0 Å². The Morgan fingerprint density at radius 1 is 1.11 bits per heavy atom. The lowest BCUT2D eigenvalue weighted by atomic mass is 9.98. The van der Waals surface area contributed by atoms with Gasteiger partial charge in [-0.3, -0.25) is 24.1 Å². The summed E-state index contributed by atoms with van der Waals surface area (Å²) >= 11 is 0. The number of ether oxygens (including phenoxy) is 1. The SMILES string of the molecule is CC(C)N(C(=O)COC(=O)CCN1C(=O)Cc2ccccc2C1=O)C(C)C. The number of hydrogen-bond donors (Lipinski definition) is 0. The first kappa shape index (κ1) is 20.6. The van der Waals surface area contributed by atoms with Crippen LogP contribution in [-0.2, 0) is 25.5 Å². The summed E-state index contributed by atoms with van der Waals surface area (Å²) in [5.74, 6) is -1.63. The third-order valence-electron chi connectivity index (χ3n) is 4.43. The van der Waals surface area contributed by atoms with Gasteiger partial charge >= 0.3 is 5.97 Å². The van der Waals surface area contributed by atoms with Crippen molar-refractivity contribution in [1.29, 1.82) is 0 Å². The number of carbonyl (C=O) groups excluding carboxylic acids is 4. The van der Waals surface area contributed by atoms with Crippen LogP contribution in [0.2, 0.25) is 0 Å². The van der Waals surface area contributed by atoms with Gasteiger partial charge < -0.3 is 9.64 Å². The molecule has 0 saturated carbocycles. The van der Waals surface area contributed by atoms with Crippen LogP contribution in [0.1, 0.15) is 50.0 Å². The number of imide groups is 1. The molecular weight excluding hydrogens is 348 g/mol. The molecule has 0 unspecified atom stereocenters. The van der Waals surface area contributed by atoms with Crippen LogP contribution in [0, 0.1) is 0 Å². The predicted octanol–water partition coefficient (Wildman–Crippen LogP) is 1.79. The largest absolute Gasteiger partial charge is 0.456 e. The quantitative estimate of drug-likeness (QED) is 0.537. The third kappa shape index (κ3) is 4.93. The second-order valence-corrected chi connectivity index (χ2v) is 7.08. The average molecular weight is 374 g/mol. The predicted molar refractivity (Wildman–Crippen MR) is 98.9 cm³/mol. The number of hydrogen-bond acceptors (Lipinski definition) is 5. The van der Waals surface area contributed by atoms with E-state index in [1.807, 2.05) is 27.7 Å². The smallest absolute Gasteiger partial charge is 0.308 e. The standard InChI is InChI=1S/C20H26N2O5/c1-13(2)22(14(3)4)18(24)12-27-19(25)9-10-21-17(23)11-15-7-5-6-8-16(15)20(21)26/h5-8,13-14H,9-12H2,1-4H3. The van der Waals surface area contributed by atoms with Gasteiger partial charge in [0.25, 0.3) is 11.8 Å². The van der Waals surface area contributed by atoms with E-state index in [4.69, 9.17) is 4.74 Å². The molecule has 7 heteroatoms. The van der Waals surface area contributed by atoms with E-state index in [0.717, 1.165) is 4.90 Å². The van der Waals surface area contributed by atoms with Gasteiger partial charge in [-0.1, -0.05) is 18.2 Å². The van der Waals surface area contributed by atoms with Crippen molar-refractivity contribution in [3.05, 3.63) is 35.4 Å². The molecule has 2 rings (SSSR count). The maximum absolute atomic E-state index is 12.4. The topological polar surface area (TPSA) is 84.0 Å². The monoisotopic (exact) mass is 374 g/mol. The van der Waals surface area contributed by atoms with Gasteiger partial charge in [-0.25, -0.2) is 0 Å². The van der Waals surface area contributed by atoms with Crippen molar-refractivity contribution in [3.63, 3.8) is 0 Å². The highest BCUT2D eigenvalue weighted by atomic mass is 16.5. The molecular formula is C20H26N2O5. The molecule has 7 nitrogen and oxygen atoms in total. The average Bonchev–Trinajstić information content (AvgIpc) is 2.59. The number of nitrogens with zero attached hydrogens (tertiary/aromatic N) is 2. The van der Waals surface area contributed by atoms with Crippen LogP contribution in [0.5, 0.6) is 0 Å². The number of fused-ring (bicyclic) bond motifs is 1. The van der Waals surface area contributed by atoms with E-state index in [0.29, 0.717) is 11.1 Å². The van der Waals surface area contributed by atoms with Gasteiger partial charge in [-0.05, 0) is 39.3 Å². The normalized spacial score (nSPS) is 13.8. The van der Waals surface area contributed by atoms with Gasteiger partial charge in [-0.2, -0.15) is 0 Å². The minimum Gasteiger partial charge on any atom is -0.456 e. The number of rotatable bonds is 7. The van der Waals surface area contributed by atoms with Crippen molar-refractivity contribution >= 4 is 23.7 Å². The lowest BCUT2D eigenvalue weighted by Crippen LogP contribution is -2.45. The van der Waals surface area contributed by atoms with Gasteiger partial charge in [0, 0.05) is 24.2 Å². The summed E-state index contributed by atoms with van der Waals surface area (Å²) in [6.45, 7) is 7.17. The Labute approximate surface area is 159 Å². The van der Waals surface area contributed by atoms with Crippen molar-refractivity contribution in [2.45, 2.75) is 52.6 Å². The van der Waals surface area contributed by atoms with Gasteiger partial charge in [0.15, 0.2) is 6.61 Å². The Morgan fingerprint density at radius 3 is 2.37 bits per heavy atom. The molecule has 0 fully saturated rings. The maximum Gasteiger partial charge on any atom is 0.308 e. The van der Waals surface area contributed by atoms with Crippen LogP contribution in [0.15, 0.2) is 24.3 Å². The summed E-state index contributed by atoms with van der Waals surface area (Å²) < 4.78 is 5.04. The Morgan fingerprint density at radius 2 is 1.74 bits per heavy atom. The first-order valence-corrected chi connectivity index (χ1v) is 9.11. The highest BCUT2D eigenvalue weighted by Crippen LogP contribution is 2.19. The summed E-state index contributed by atoms with van der Waals surface area (Å²) in [6, 6.07) is 6.93. The minimum atomic E-state index is -0.615. The van der Waals surface area contributed by atoms with Crippen LogP contribution in [0.25, 0.3) is 0 Å². The molecule has 0 N–H and O–H groups in total. The van der Waals surface area contributed by atoms with Gasteiger partial charge in [0.1, 0.15) is 0 Å². The van der Waals surface area contributed by atoms with Crippen molar-refractivity contribution in [2.75, 3.05) is 13.2 Å². The van der Waals surface area contributed by atoms with Gasteiger partial charge in [0.2, 0.25) is 5.91 Å². The molecule has 3 amide bonds. The van der Waals surface area contributed by atoms with Crippen molar-refractivity contribution < 1.29 is 23.9 Å². The number of esters is 1. The van der Waals surface area contributed by atoms with E-state index in [1.54, 1.807) is 29.2 Å². The van der Waals surface area contributed by atoms with Crippen molar-refractivity contribution in [1.82, 2.24) is 9.80 Å². The summed E-state index contributed by atoms with van der Waals surface area (Å²) in [5, 5.41) is 0. The zero-order valence-corrected chi connectivity index (χ0v) is 16.2. The van der Waals surface area contributed by atoms with E-state index in [-0.39, 0.29) is 49.9 Å². The van der Waals surface area contributed by atoms with Gasteiger partial charge in [0.05, 0.1) is 12.8 Å². The molecule has 1 heterocycles. The first-order valence-electron chi connectivity index (χ1n) is 9.11. The van der Waals surface area contributed by atoms with Crippen LogP contribution < -0.4 is 0 Å². The summed E-state index contributed by atoms with van der Waals surface area (Å²) in [5.41, 5.74) is 1.17. The van der Waals surface area contributed by atoms with E-state index in [1.165, 1.54) is 0 Å². The first-order chi connectivity index (χ1) is 12.7. The molecule has 1 aliphatic heterocycles. The molecule has 1 aliphatic rings. The number of amides is 3. The van der Waals surface area contributed by atoms with E-state index in [2.05, 4.69) is 0 Å². The van der Waals surface area contributed by atoms with Crippen molar-refractivity contribution in [2.24, 2.45) is 0 Å². The maximum atomic E-state index is 12.4. The fourth-order valence-corrected chi connectivity index (χ4v) is 3.29. The van der Waals surface area contributed by atoms with Crippen LogP contribution in [0.4, 0.5) is 0 Å². The molecule has 0 atom stereocenters. The zero-order chi connectivity index (χ0) is 20.1. The van der Waals surface area contributed by atoms with E-state index < -0.39 is 11.9 Å². The van der Waals surface area contributed by atoms with Crippen LogP contribution in [-0.4, -0.2) is 58.7 Å². The van der Waals surface area contributed by atoms with Crippen LogP contribution in [0.3, 0.4) is 0 Å². The highest BCUT2D eigenvalue weighted by molar-refractivity contribution is 6.09. The molecule has 146 valence electrons. The van der Waals surface area contributed by atoms with E-state index in [9.17, 15) is 19.2 Å². The van der Waals surface area contributed by atoms with Crippen LogP contribution >= 0.6 is 0 Å².